The van der Waals surface area contributed by atoms with Gasteiger partial charge >= 0.3 is 0 Å². The maximum atomic E-state index is 13.6. The summed E-state index contributed by atoms with van der Waals surface area (Å²) in [5, 5.41) is 11.0. The van der Waals surface area contributed by atoms with Crippen LogP contribution in [0.4, 0.5) is 14.5 Å². The molecule has 2 rings (SSSR count). The van der Waals surface area contributed by atoms with Crippen LogP contribution in [0.15, 0.2) is 36.4 Å². The van der Waals surface area contributed by atoms with Gasteiger partial charge < -0.3 is 0 Å². The standard InChI is InChI=1S/C12H6ClF2NO2/c13-7-4-5-8(11(6-7)16(17)18)9-2-1-3-10(14)12(9)15/h1-6H. The monoisotopic (exact) mass is 269 g/mol. The fraction of sp³-hybridized carbons (Fsp3) is 0. The number of hydrogen-bond donors (Lipinski definition) is 0. The number of nitro benzene ring substituents is 1. The third-order valence-corrected chi connectivity index (χ3v) is 2.63. The van der Waals surface area contributed by atoms with Crippen LogP contribution < -0.4 is 0 Å². The van der Waals surface area contributed by atoms with E-state index in [1.165, 1.54) is 24.3 Å². The van der Waals surface area contributed by atoms with Crippen LogP contribution in [0.2, 0.25) is 5.02 Å². The Hall–Kier alpha value is -2.01. The van der Waals surface area contributed by atoms with Gasteiger partial charge in [0.25, 0.3) is 5.69 Å². The molecular weight excluding hydrogens is 264 g/mol. The van der Waals surface area contributed by atoms with Crippen molar-refractivity contribution in [1.82, 2.24) is 0 Å². The van der Waals surface area contributed by atoms with Gasteiger partial charge in [-0.05, 0) is 18.2 Å². The second kappa shape index (κ2) is 4.70. The first-order valence-electron chi connectivity index (χ1n) is 4.89. The molecule has 0 aliphatic carbocycles. The number of nitro groups is 1. The molecule has 0 heterocycles. The van der Waals surface area contributed by atoms with Crippen LogP contribution >= 0.6 is 11.6 Å². The molecule has 18 heavy (non-hydrogen) atoms. The zero-order valence-electron chi connectivity index (χ0n) is 8.86. The van der Waals surface area contributed by atoms with Crippen LogP contribution in [0.25, 0.3) is 11.1 Å². The van der Waals surface area contributed by atoms with E-state index >= 15 is 0 Å². The molecule has 0 atom stereocenters. The van der Waals surface area contributed by atoms with Crippen molar-refractivity contribution in [1.29, 1.82) is 0 Å². The fourth-order valence-corrected chi connectivity index (χ4v) is 1.76. The molecule has 0 N–H and O–H groups in total. The van der Waals surface area contributed by atoms with Gasteiger partial charge in [-0.25, -0.2) is 8.78 Å². The minimum absolute atomic E-state index is 0.0126. The highest BCUT2D eigenvalue weighted by Crippen LogP contribution is 2.34. The summed E-state index contributed by atoms with van der Waals surface area (Å²) >= 11 is 5.65. The summed E-state index contributed by atoms with van der Waals surface area (Å²) in [6, 6.07) is 7.27. The number of benzene rings is 2. The predicted molar refractivity (Wildman–Crippen MR) is 63.5 cm³/mol. The topological polar surface area (TPSA) is 43.1 Å². The van der Waals surface area contributed by atoms with Gasteiger partial charge in [0.15, 0.2) is 11.6 Å². The van der Waals surface area contributed by atoms with E-state index in [2.05, 4.69) is 0 Å². The van der Waals surface area contributed by atoms with Gasteiger partial charge in [-0.15, -0.1) is 0 Å². The molecule has 2 aromatic carbocycles. The lowest BCUT2D eigenvalue weighted by Gasteiger charge is -2.05. The first kappa shape index (κ1) is 12.4. The summed E-state index contributed by atoms with van der Waals surface area (Å²) in [6.45, 7) is 0. The second-order valence-electron chi connectivity index (χ2n) is 3.52. The molecular formula is C12H6ClF2NO2. The van der Waals surface area contributed by atoms with E-state index in [-0.39, 0.29) is 21.8 Å². The summed E-state index contributed by atoms with van der Waals surface area (Å²) in [6.07, 6.45) is 0. The molecule has 6 heteroatoms. The third-order valence-electron chi connectivity index (χ3n) is 2.40. The molecule has 3 nitrogen and oxygen atoms in total. The van der Waals surface area contributed by atoms with E-state index in [4.69, 9.17) is 11.6 Å². The fourth-order valence-electron chi connectivity index (χ4n) is 1.60. The van der Waals surface area contributed by atoms with Crippen molar-refractivity contribution >= 4 is 17.3 Å². The number of rotatable bonds is 2. The molecule has 0 bridgehead atoms. The zero-order chi connectivity index (χ0) is 13.3. The lowest BCUT2D eigenvalue weighted by atomic mass is 10.0. The zero-order valence-corrected chi connectivity index (χ0v) is 9.62. The van der Waals surface area contributed by atoms with Crippen LogP contribution in [-0.2, 0) is 0 Å². The molecule has 92 valence electrons. The lowest BCUT2D eigenvalue weighted by molar-refractivity contribution is -0.384. The Morgan fingerprint density at radius 1 is 1.11 bits per heavy atom. The van der Waals surface area contributed by atoms with Gasteiger partial charge in [0.2, 0.25) is 0 Å². The number of nitrogens with zero attached hydrogens (tertiary/aromatic N) is 1. The van der Waals surface area contributed by atoms with Gasteiger partial charge in [-0.3, -0.25) is 10.1 Å². The molecule has 0 aliphatic heterocycles. The Morgan fingerprint density at radius 2 is 1.83 bits per heavy atom. The highest BCUT2D eigenvalue weighted by Gasteiger charge is 2.19. The Balaban J connectivity index is 2.71. The first-order valence-corrected chi connectivity index (χ1v) is 5.27. The maximum Gasteiger partial charge on any atom is 0.278 e. The summed E-state index contributed by atoms with van der Waals surface area (Å²) in [4.78, 5) is 10.2. The molecule has 0 radical (unpaired) electrons. The summed E-state index contributed by atoms with van der Waals surface area (Å²) in [5.41, 5.74) is -0.549. The van der Waals surface area contributed by atoms with Crippen LogP contribution in [0.1, 0.15) is 0 Å². The van der Waals surface area contributed by atoms with E-state index in [0.717, 1.165) is 12.1 Å². The molecule has 0 saturated heterocycles. The Labute approximate surface area is 106 Å². The van der Waals surface area contributed by atoms with Gasteiger partial charge in [-0.1, -0.05) is 23.7 Å². The number of hydrogen-bond acceptors (Lipinski definition) is 2. The minimum atomic E-state index is -1.12. The third kappa shape index (κ3) is 2.17. The molecule has 0 spiro atoms. The molecule has 0 fully saturated rings. The Bertz CT molecular complexity index is 631. The van der Waals surface area contributed by atoms with Gasteiger partial charge in [0, 0.05) is 16.7 Å². The lowest BCUT2D eigenvalue weighted by Crippen LogP contribution is -1.95. The highest BCUT2D eigenvalue weighted by molar-refractivity contribution is 6.30. The predicted octanol–water partition coefficient (Wildman–Crippen LogP) is 4.19. The van der Waals surface area contributed by atoms with E-state index in [1.807, 2.05) is 0 Å². The van der Waals surface area contributed by atoms with Gasteiger partial charge in [-0.2, -0.15) is 0 Å². The van der Waals surface area contributed by atoms with Crippen molar-refractivity contribution in [3.05, 3.63) is 63.2 Å². The van der Waals surface area contributed by atoms with E-state index in [0.29, 0.717) is 0 Å². The maximum absolute atomic E-state index is 13.6. The molecule has 0 saturated carbocycles. The van der Waals surface area contributed by atoms with Crippen molar-refractivity contribution in [3.8, 4) is 11.1 Å². The quantitative estimate of drug-likeness (QED) is 0.606. The van der Waals surface area contributed by atoms with Crippen molar-refractivity contribution in [2.24, 2.45) is 0 Å². The van der Waals surface area contributed by atoms with E-state index in [9.17, 15) is 18.9 Å². The van der Waals surface area contributed by atoms with Crippen LogP contribution in [0, 0.1) is 21.7 Å². The molecule has 0 unspecified atom stereocenters. The smallest absolute Gasteiger partial charge is 0.258 e. The first-order chi connectivity index (χ1) is 8.50. The summed E-state index contributed by atoms with van der Waals surface area (Å²) in [5.74, 6) is -2.18. The summed E-state index contributed by atoms with van der Waals surface area (Å²) in [7, 11) is 0. The van der Waals surface area contributed by atoms with Crippen molar-refractivity contribution in [2.75, 3.05) is 0 Å². The highest BCUT2D eigenvalue weighted by atomic mass is 35.5. The van der Waals surface area contributed by atoms with Gasteiger partial charge in [0.1, 0.15) is 0 Å². The van der Waals surface area contributed by atoms with Crippen LogP contribution in [0.5, 0.6) is 0 Å². The average molecular weight is 270 g/mol. The molecule has 0 aliphatic rings. The van der Waals surface area contributed by atoms with Crippen molar-refractivity contribution in [3.63, 3.8) is 0 Å². The molecule has 0 aromatic heterocycles. The molecule has 2 aromatic rings. The van der Waals surface area contributed by atoms with Crippen molar-refractivity contribution in [2.45, 2.75) is 0 Å². The number of halogens is 3. The Kier molecular flexibility index (Phi) is 3.25. The van der Waals surface area contributed by atoms with Crippen molar-refractivity contribution < 1.29 is 13.7 Å². The van der Waals surface area contributed by atoms with Crippen LogP contribution in [0.3, 0.4) is 0 Å². The Morgan fingerprint density at radius 3 is 2.50 bits per heavy atom. The normalized spacial score (nSPS) is 10.4. The van der Waals surface area contributed by atoms with E-state index in [1.54, 1.807) is 0 Å². The van der Waals surface area contributed by atoms with Crippen LogP contribution in [-0.4, -0.2) is 4.92 Å². The minimum Gasteiger partial charge on any atom is -0.258 e. The summed E-state index contributed by atoms with van der Waals surface area (Å²) < 4.78 is 26.7. The average Bonchev–Trinajstić information content (AvgIpc) is 2.33. The van der Waals surface area contributed by atoms with Gasteiger partial charge in [0.05, 0.1) is 10.5 Å². The largest absolute Gasteiger partial charge is 0.278 e. The molecule has 0 amide bonds. The van der Waals surface area contributed by atoms with E-state index < -0.39 is 16.6 Å². The SMILES string of the molecule is O=[N+]([O-])c1cc(Cl)ccc1-c1cccc(F)c1F. The second-order valence-corrected chi connectivity index (χ2v) is 3.96.